The van der Waals surface area contributed by atoms with Crippen molar-refractivity contribution in [2.45, 2.75) is 26.2 Å². The van der Waals surface area contributed by atoms with E-state index < -0.39 is 0 Å². The zero-order valence-corrected chi connectivity index (χ0v) is 14.9. The number of methoxy groups -OCH3 is 1. The van der Waals surface area contributed by atoms with Gasteiger partial charge in [-0.3, -0.25) is 4.79 Å². The minimum absolute atomic E-state index is 0.0565. The second kappa shape index (κ2) is 10.3. The number of hydrogen-bond acceptors (Lipinski definition) is 4. The van der Waals surface area contributed by atoms with E-state index in [0.29, 0.717) is 30.4 Å². The Morgan fingerprint density at radius 2 is 2.00 bits per heavy atom. The van der Waals surface area contributed by atoms with Gasteiger partial charge in [-0.15, -0.1) is 0 Å². The highest BCUT2D eigenvalue weighted by atomic mass is 16.5. The van der Waals surface area contributed by atoms with Crippen molar-refractivity contribution in [1.82, 2.24) is 10.2 Å². The lowest BCUT2D eigenvalue weighted by atomic mass is 9.96. The molecule has 5 heteroatoms. The Kier molecular flexibility index (Phi) is 8.05. The molecule has 1 aromatic carbocycles. The monoisotopic (exact) mass is 334 g/mol. The van der Waals surface area contributed by atoms with E-state index in [4.69, 9.17) is 9.47 Å². The summed E-state index contributed by atoms with van der Waals surface area (Å²) < 4.78 is 10.6. The van der Waals surface area contributed by atoms with Crippen LogP contribution in [0.4, 0.5) is 0 Å². The molecule has 1 heterocycles. The highest BCUT2D eigenvalue weighted by Gasteiger charge is 2.20. The molecular formula is C19H30N2O3. The van der Waals surface area contributed by atoms with E-state index in [1.54, 1.807) is 13.2 Å². The Labute approximate surface area is 145 Å². The van der Waals surface area contributed by atoms with Gasteiger partial charge in [0.1, 0.15) is 12.4 Å². The number of benzene rings is 1. The molecule has 0 unspecified atom stereocenters. The molecule has 0 aliphatic carbocycles. The number of ether oxygens (including phenoxy) is 2. The Balaban J connectivity index is 1.80. The predicted molar refractivity (Wildman–Crippen MR) is 95.6 cm³/mol. The number of nitrogens with zero attached hydrogens (tertiary/aromatic N) is 1. The fourth-order valence-electron chi connectivity index (χ4n) is 3.08. The molecule has 1 N–H and O–H groups in total. The van der Waals surface area contributed by atoms with Gasteiger partial charge in [0.05, 0.1) is 12.2 Å². The first-order valence-corrected chi connectivity index (χ1v) is 8.96. The molecular weight excluding hydrogens is 304 g/mol. The molecule has 0 atom stereocenters. The van der Waals surface area contributed by atoms with Crippen molar-refractivity contribution in [3.05, 3.63) is 29.8 Å². The molecule has 2 rings (SSSR count). The second-order valence-corrected chi connectivity index (χ2v) is 6.33. The molecule has 1 aromatic rings. The van der Waals surface area contributed by atoms with Crippen molar-refractivity contribution >= 4 is 5.91 Å². The molecule has 0 bridgehead atoms. The number of carbonyl (C=O) groups excluding carboxylic acids is 1. The van der Waals surface area contributed by atoms with E-state index in [9.17, 15) is 4.79 Å². The maximum Gasteiger partial charge on any atom is 0.255 e. The number of hydrogen-bond donors (Lipinski definition) is 1. The fraction of sp³-hybridized carbons (Fsp3) is 0.632. The van der Waals surface area contributed by atoms with Crippen LogP contribution in [0.3, 0.4) is 0 Å². The molecule has 1 saturated heterocycles. The lowest BCUT2D eigenvalue weighted by molar-refractivity contribution is 0.0928. The summed E-state index contributed by atoms with van der Waals surface area (Å²) >= 11 is 0. The highest BCUT2D eigenvalue weighted by molar-refractivity contribution is 5.96. The van der Waals surface area contributed by atoms with Crippen molar-refractivity contribution in [3.63, 3.8) is 0 Å². The minimum atomic E-state index is -0.0565. The van der Waals surface area contributed by atoms with Gasteiger partial charge in [-0.2, -0.15) is 0 Å². The number of amides is 1. The largest absolute Gasteiger partial charge is 0.490 e. The number of rotatable bonds is 9. The average Bonchev–Trinajstić information content (AvgIpc) is 2.62. The van der Waals surface area contributed by atoms with Gasteiger partial charge in [0, 0.05) is 13.7 Å². The van der Waals surface area contributed by atoms with Gasteiger partial charge in [0.2, 0.25) is 0 Å². The molecule has 1 aliphatic rings. The van der Waals surface area contributed by atoms with Crippen LogP contribution in [0.15, 0.2) is 24.3 Å². The molecule has 0 aromatic heterocycles. The Hall–Kier alpha value is -1.59. The van der Waals surface area contributed by atoms with Crippen LogP contribution in [-0.4, -0.2) is 57.3 Å². The van der Waals surface area contributed by atoms with Crippen molar-refractivity contribution in [1.29, 1.82) is 0 Å². The molecule has 1 fully saturated rings. The van der Waals surface area contributed by atoms with Crippen LogP contribution in [0, 0.1) is 5.92 Å². The van der Waals surface area contributed by atoms with Gasteiger partial charge >= 0.3 is 0 Å². The molecule has 24 heavy (non-hydrogen) atoms. The van der Waals surface area contributed by atoms with Crippen LogP contribution in [0.2, 0.25) is 0 Å². The second-order valence-electron chi connectivity index (χ2n) is 6.33. The molecule has 5 nitrogen and oxygen atoms in total. The summed E-state index contributed by atoms with van der Waals surface area (Å²) in [6, 6.07) is 7.37. The van der Waals surface area contributed by atoms with Crippen LogP contribution in [0.25, 0.3) is 0 Å². The van der Waals surface area contributed by atoms with Crippen molar-refractivity contribution < 1.29 is 14.3 Å². The van der Waals surface area contributed by atoms with Gasteiger partial charge in [0.15, 0.2) is 0 Å². The number of carbonyl (C=O) groups is 1. The van der Waals surface area contributed by atoms with Gasteiger partial charge < -0.3 is 19.7 Å². The molecule has 0 spiro atoms. The van der Waals surface area contributed by atoms with E-state index >= 15 is 0 Å². The van der Waals surface area contributed by atoms with Crippen LogP contribution in [-0.2, 0) is 4.74 Å². The Bertz CT molecular complexity index is 499. The van der Waals surface area contributed by atoms with Gasteiger partial charge in [-0.05, 0) is 56.9 Å². The molecule has 134 valence electrons. The number of para-hydroxylation sites is 1. The normalized spacial score (nSPS) is 16.1. The highest BCUT2D eigenvalue weighted by Crippen LogP contribution is 2.19. The SMILES string of the molecule is CCCN1CCC(CNC(=O)c2ccccc2OCCOC)CC1. The van der Waals surface area contributed by atoms with E-state index in [2.05, 4.69) is 17.1 Å². The third kappa shape index (κ3) is 5.80. The zero-order chi connectivity index (χ0) is 17.2. The van der Waals surface area contributed by atoms with Crippen molar-refractivity contribution in [2.75, 3.05) is 46.5 Å². The summed E-state index contributed by atoms with van der Waals surface area (Å²) in [6.07, 6.45) is 3.53. The van der Waals surface area contributed by atoms with Crippen LogP contribution < -0.4 is 10.1 Å². The summed E-state index contributed by atoms with van der Waals surface area (Å²) in [5.74, 6) is 1.13. The van der Waals surface area contributed by atoms with Crippen LogP contribution in [0.5, 0.6) is 5.75 Å². The van der Waals surface area contributed by atoms with E-state index in [-0.39, 0.29) is 5.91 Å². The van der Waals surface area contributed by atoms with Crippen LogP contribution in [0.1, 0.15) is 36.5 Å². The third-order valence-corrected chi connectivity index (χ3v) is 4.47. The maximum absolute atomic E-state index is 12.5. The third-order valence-electron chi connectivity index (χ3n) is 4.47. The van der Waals surface area contributed by atoms with Gasteiger partial charge in [-0.1, -0.05) is 19.1 Å². The zero-order valence-electron chi connectivity index (χ0n) is 14.9. The number of nitrogens with one attached hydrogen (secondary N) is 1. The first kappa shape index (κ1) is 18.7. The summed E-state index contributed by atoms with van der Waals surface area (Å²) in [6.45, 7) is 7.38. The maximum atomic E-state index is 12.5. The van der Waals surface area contributed by atoms with Gasteiger partial charge in [-0.25, -0.2) is 0 Å². The van der Waals surface area contributed by atoms with Crippen molar-refractivity contribution in [3.8, 4) is 5.75 Å². The lowest BCUT2D eigenvalue weighted by Crippen LogP contribution is -2.39. The number of piperidine rings is 1. The Morgan fingerprint density at radius 3 is 2.71 bits per heavy atom. The predicted octanol–water partition coefficient (Wildman–Crippen LogP) is 2.56. The topological polar surface area (TPSA) is 50.8 Å². The summed E-state index contributed by atoms with van der Waals surface area (Å²) in [7, 11) is 1.63. The first-order valence-electron chi connectivity index (χ1n) is 8.96. The Morgan fingerprint density at radius 1 is 1.25 bits per heavy atom. The van der Waals surface area contributed by atoms with Gasteiger partial charge in [0.25, 0.3) is 5.91 Å². The average molecular weight is 334 g/mol. The molecule has 0 saturated carbocycles. The van der Waals surface area contributed by atoms with E-state index in [1.165, 1.54) is 13.0 Å². The first-order chi connectivity index (χ1) is 11.7. The van der Waals surface area contributed by atoms with E-state index in [1.807, 2.05) is 18.2 Å². The van der Waals surface area contributed by atoms with Crippen molar-refractivity contribution in [2.24, 2.45) is 5.92 Å². The molecule has 1 amide bonds. The standard InChI is InChI=1S/C19H30N2O3/c1-3-10-21-11-8-16(9-12-21)15-20-19(22)17-6-4-5-7-18(17)24-14-13-23-2/h4-7,16H,3,8-15H2,1-2H3,(H,20,22). The van der Waals surface area contributed by atoms with Crippen LogP contribution >= 0.6 is 0 Å². The molecule has 0 radical (unpaired) electrons. The molecule has 1 aliphatic heterocycles. The fourth-order valence-corrected chi connectivity index (χ4v) is 3.08. The summed E-state index contributed by atoms with van der Waals surface area (Å²) in [5, 5.41) is 3.08. The minimum Gasteiger partial charge on any atom is -0.490 e. The smallest absolute Gasteiger partial charge is 0.255 e. The summed E-state index contributed by atoms with van der Waals surface area (Å²) in [5.41, 5.74) is 0.594. The van der Waals surface area contributed by atoms with E-state index in [0.717, 1.165) is 32.5 Å². The lowest BCUT2D eigenvalue weighted by Gasteiger charge is -2.31. The number of likely N-dealkylation sites (tertiary alicyclic amines) is 1. The summed E-state index contributed by atoms with van der Waals surface area (Å²) in [4.78, 5) is 15.0. The quantitative estimate of drug-likeness (QED) is 0.705.